The summed E-state index contributed by atoms with van der Waals surface area (Å²) in [6.07, 6.45) is 5.50. The first-order valence-corrected chi connectivity index (χ1v) is 8.53. The molecule has 7 nitrogen and oxygen atoms in total. The first-order valence-electron chi connectivity index (χ1n) is 7.65. The highest BCUT2D eigenvalue weighted by atomic mass is 32.1. The van der Waals surface area contributed by atoms with Gasteiger partial charge in [-0.1, -0.05) is 0 Å². The molecule has 1 amide bonds. The number of rotatable bonds is 5. The Morgan fingerprint density at radius 1 is 1.43 bits per heavy atom. The van der Waals surface area contributed by atoms with Gasteiger partial charge in [-0.05, 0) is 24.8 Å². The number of carbonyl (C=O) groups excluding carboxylic acids is 1. The Morgan fingerprint density at radius 2 is 2.35 bits per heavy atom. The predicted octanol–water partition coefficient (Wildman–Crippen LogP) is 0.733. The van der Waals surface area contributed by atoms with Crippen molar-refractivity contribution >= 4 is 22.4 Å². The summed E-state index contributed by atoms with van der Waals surface area (Å²) in [5, 5.41) is 9.82. The second-order valence-corrected chi connectivity index (χ2v) is 6.47. The second-order valence-electron chi connectivity index (χ2n) is 5.59. The number of piperidine rings is 1. The molecule has 23 heavy (non-hydrogen) atoms. The lowest BCUT2D eigenvalue weighted by atomic mass is 9.98. The van der Waals surface area contributed by atoms with Crippen molar-refractivity contribution in [2.45, 2.75) is 19.4 Å². The molecule has 0 saturated carbocycles. The van der Waals surface area contributed by atoms with Gasteiger partial charge in [-0.3, -0.25) is 9.59 Å². The van der Waals surface area contributed by atoms with Crippen molar-refractivity contribution in [3.63, 3.8) is 0 Å². The molecular formula is C15H19N5O2S. The molecule has 1 fully saturated rings. The van der Waals surface area contributed by atoms with Crippen LogP contribution >= 0.6 is 11.3 Å². The fourth-order valence-corrected chi connectivity index (χ4v) is 3.41. The van der Waals surface area contributed by atoms with Crippen LogP contribution in [0, 0.1) is 5.92 Å². The molecule has 0 aromatic carbocycles. The van der Waals surface area contributed by atoms with E-state index >= 15 is 0 Å². The van der Waals surface area contributed by atoms with Gasteiger partial charge in [-0.15, -0.1) is 11.3 Å². The smallest absolute Gasteiger partial charge is 0.267 e. The zero-order valence-corrected chi connectivity index (χ0v) is 13.5. The SMILES string of the molecule is O=C(Cn1ncccc1=O)NC[C@H]1CCCN(c2nccs2)C1. The highest BCUT2D eigenvalue weighted by Gasteiger charge is 2.22. The molecule has 1 aliphatic rings. The minimum Gasteiger partial charge on any atom is -0.354 e. The maximum Gasteiger partial charge on any atom is 0.267 e. The zero-order chi connectivity index (χ0) is 16.1. The third-order valence-corrected chi connectivity index (χ3v) is 4.71. The number of hydrogen-bond acceptors (Lipinski definition) is 6. The summed E-state index contributed by atoms with van der Waals surface area (Å²) in [6.45, 7) is 2.49. The zero-order valence-electron chi connectivity index (χ0n) is 12.7. The molecule has 3 rings (SSSR count). The van der Waals surface area contributed by atoms with E-state index in [1.54, 1.807) is 17.4 Å². The molecule has 0 aliphatic carbocycles. The molecule has 1 aliphatic heterocycles. The quantitative estimate of drug-likeness (QED) is 0.873. The number of thiazole rings is 1. The summed E-state index contributed by atoms with van der Waals surface area (Å²) in [5.41, 5.74) is -0.268. The lowest BCUT2D eigenvalue weighted by molar-refractivity contribution is -0.122. The van der Waals surface area contributed by atoms with Crippen LogP contribution in [0.5, 0.6) is 0 Å². The summed E-state index contributed by atoms with van der Waals surface area (Å²) >= 11 is 1.64. The molecule has 8 heteroatoms. The van der Waals surface area contributed by atoms with Gasteiger partial charge in [0.05, 0.1) is 0 Å². The first kappa shape index (κ1) is 15.7. The minimum absolute atomic E-state index is 0.0391. The van der Waals surface area contributed by atoms with Crippen molar-refractivity contribution in [3.05, 3.63) is 40.3 Å². The fourth-order valence-electron chi connectivity index (χ4n) is 2.73. The van der Waals surface area contributed by atoms with Crippen LogP contribution in [0.1, 0.15) is 12.8 Å². The molecule has 1 saturated heterocycles. The Morgan fingerprint density at radius 3 is 3.13 bits per heavy atom. The normalized spacial score (nSPS) is 17.9. The van der Waals surface area contributed by atoms with Gasteiger partial charge < -0.3 is 10.2 Å². The third-order valence-electron chi connectivity index (χ3n) is 3.88. The van der Waals surface area contributed by atoms with E-state index in [1.165, 1.54) is 12.3 Å². The van der Waals surface area contributed by atoms with Crippen LogP contribution in [0.15, 0.2) is 34.7 Å². The number of aromatic nitrogens is 3. The Labute approximate surface area is 138 Å². The van der Waals surface area contributed by atoms with E-state index in [4.69, 9.17) is 0 Å². The van der Waals surface area contributed by atoms with E-state index in [1.807, 2.05) is 11.6 Å². The molecule has 1 N–H and O–H groups in total. The van der Waals surface area contributed by atoms with Gasteiger partial charge in [0.15, 0.2) is 5.13 Å². The summed E-state index contributed by atoms with van der Waals surface area (Å²) in [5.74, 6) is 0.217. The van der Waals surface area contributed by atoms with Gasteiger partial charge in [0, 0.05) is 43.5 Å². The number of amides is 1. The highest BCUT2D eigenvalue weighted by molar-refractivity contribution is 7.13. The molecule has 0 radical (unpaired) electrons. The Bertz CT molecular complexity index is 700. The maximum absolute atomic E-state index is 12.0. The number of nitrogens with zero attached hydrogens (tertiary/aromatic N) is 4. The Hall–Kier alpha value is -2.22. The van der Waals surface area contributed by atoms with Gasteiger partial charge in [-0.2, -0.15) is 5.10 Å². The maximum atomic E-state index is 12.0. The Balaban J connectivity index is 1.49. The molecule has 122 valence electrons. The topological polar surface area (TPSA) is 80.1 Å². The fraction of sp³-hybridized carbons (Fsp3) is 0.467. The van der Waals surface area contributed by atoms with E-state index in [0.717, 1.165) is 35.7 Å². The van der Waals surface area contributed by atoms with Crippen molar-refractivity contribution in [2.75, 3.05) is 24.5 Å². The van der Waals surface area contributed by atoms with Crippen molar-refractivity contribution in [1.82, 2.24) is 20.1 Å². The molecule has 0 spiro atoms. The highest BCUT2D eigenvalue weighted by Crippen LogP contribution is 2.24. The van der Waals surface area contributed by atoms with Crippen molar-refractivity contribution < 1.29 is 4.79 Å². The van der Waals surface area contributed by atoms with Gasteiger partial charge >= 0.3 is 0 Å². The van der Waals surface area contributed by atoms with Gasteiger partial charge in [-0.25, -0.2) is 9.67 Å². The van der Waals surface area contributed by atoms with Crippen LogP contribution in [0.4, 0.5) is 5.13 Å². The van der Waals surface area contributed by atoms with E-state index in [9.17, 15) is 9.59 Å². The molecule has 0 bridgehead atoms. The van der Waals surface area contributed by atoms with Gasteiger partial charge in [0.1, 0.15) is 6.54 Å². The van der Waals surface area contributed by atoms with Gasteiger partial charge in [0.2, 0.25) is 5.91 Å². The molecular weight excluding hydrogens is 314 g/mol. The summed E-state index contributed by atoms with van der Waals surface area (Å²) in [4.78, 5) is 30.1. The van der Waals surface area contributed by atoms with Crippen LogP contribution in [-0.4, -0.2) is 40.3 Å². The molecule has 0 unspecified atom stereocenters. The second kappa shape index (κ2) is 7.36. The molecule has 2 aromatic heterocycles. The van der Waals surface area contributed by atoms with Crippen LogP contribution in [0.25, 0.3) is 0 Å². The third kappa shape index (κ3) is 4.16. The van der Waals surface area contributed by atoms with Crippen LogP contribution in [-0.2, 0) is 11.3 Å². The molecule has 1 atom stereocenters. The molecule has 2 aromatic rings. The average molecular weight is 333 g/mol. The number of carbonyl (C=O) groups is 1. The summed E-state index contributed by atoms with van der Waals surface area (Å²) < 4.78 is 1.16. The minimum atomic E-state index is -0.268. The van der Waals surface area contributed by atoms with E-state index in [0.29, 0.717) is 12.5 Å². The largest absolute Gasteiger partial charge is 0.354 e. The van der Waals surface area contributed by atoms with Crippen LogP contribution in [0.3, 0.4) is 0 Å². The molecule has 3 heterocycles. The predicted molar refractivity (Wildman–Crippen MR) is 88.6 cm³/mol. The van der Waals surface area contributed by atoms with E-state index in [2.05, 4.69) is 20.3 Å². The van der Waals surface area contributed by atoms with Crippen molar-refractivity contribution in [2.24, 2.45) is 5.92 Å². The lowest BCUT2D eigenvalue weighted by Gasteiger charge is -2.32. The number of nitrogens with one attached hydrogen (secondary N) is 1. The summed E-state index contributed by atoms with van der Waals surface area (Å²) in [7, 11) is 0. The number of anilines is 1. The van der Waals surface area contributed by atoms with E-state index in [-0.39, 0.29) is 18.0 Å². The Kier molecular flexibility index (Phi) is 5.02. The lowest BCUT2D eigenvalue weighted by Crippen LogP contribution is -2.42. The van der Waals surface area contributed by atoms with Crippen molar-refractivity contribution in [3.8, 4) is 0 Å². The summed E-state index contributed by atoms with van der Waals surface area (Å²) in [6, 6.07) is 2.96. The van der Waals surface area contributed by atoms with E-state index < -0.39 is 0 Å². The van der Waals surface area contributed by atoms with Crippen molar-refractivity contribution in [1.29, 1.82) is 0 Å². The van der Waals surface area contributed by atoms with Crippen LogP contribution < -0.4 is 15.8 Å². The average Bonchev–Trinajstić information content (AvgIpc) is 3.10. The number of hydrogen-bond donors (Lipinski definition) is 1. The standard InChI is InChI=1S/C15H19N5O2S/c21-13(11-20-14(22)4-1-5-18-20)17-9-12-3-2-7-19(10-12)15-16-6-8-23-15/h1,4-6,8,12H,2-3,7,9-11H2,(H,17,21)/t12-/m1/s1. The van der Waals surface area contributed by atoms with Crippen LogP contribution in [0.2, 0.25) is 0 Å². The first-order chi connectivity index (χ1) is 11.2. The monoisotopic (exact) mass is 333 g/mol. The van der Waals surface area contributed by atoms with Gasteiger partial charge in [0.25, 0.3) is 5.56 Å².